The van der Waals surface area contributed by atoms with E-state index in [1.54, 1.807) is 25.6 Å². The van der Waals surface area contributed by atoms with E-state index in [-0.39, 0.29) is 0 Å². The standard InChI is InChI=1S/C15H12BrNO2S/c1-18-12-7-9(10(16)8-13(12)19-2)15-17-11-5-3-4-6-14(11)20-15/h3-8H,1-2H3. The highest BCUT2D eigenvalue weighted by molar-refractivity contribution is 9.10. The molecule has 3 rings (SSSR count). The highest BCUT2D eigenvalue weighted by Crippen LogP contribution is 2.40. The summed E-state index contributed by atoms with van der Waals surface area (Å²) in [6, 6.07) is 12.0. The maximum atomic E-state index is 5.36. The van der Waals surface area contributed by atoms with Gasteiger partial charge in [0.05, 0.1) is 24.4 Å². The van der Waals surface area contributed by atoms with Crippen molar-refractivity contribution < 1.29 is 9.47 Å². The number of thiazole rings is 1. The summed E-state index contributed by atoms with van der Waals surface area (Å²) in [5.74, 6) is 1.40. The van der Waals surface area contributed by atoms with Crippen LogP contribution in [-0.4, -0.2) is 19.2 Å². The fourth-order valence-electron chi connectivity index (χ4n) is 2.01. The van der Waals surface area contributed by atoms with Crippen molar-refractivity contribution in [1.29, 1.82) is 0 Å². The fourth-order valence-corrected chi connectivity index (χ4v) is 3.64. The van der Waals surface area contributed by atoms with Crippen LogP contribution in [0.3, 0.4) is 0 Å². The summed E-state index contributed by atoms with van der Waals surface area (Å²) in [5, 5.41) is 0.957. The summed E-state index contributed by atoms with van der Waals surface area (Å²) < 4.78 is 12.8. The summed E-state index contributed by atoms with van der Waals surface area (Å²) in [6.07, 6.45) is 0. The van der Waals surface area contributed by atoms with Crippen molar-refractivity contribution in [2.24, 2.45) is 0 Å². The molecule has 0 aliphatic rings. The Morgan fingerprint density at radius 2 is 1.75 bits per heavy atom. The van der Waals surface area contributed by atoms with E-state index in [0.717, 1.165) is 20.6 Å². The first-order valence-corrected chi connectivity index (χ1v) is 7.61. The second-order valence-corrected chi connectivity index (χ2v) is 6.06. The van der Waals surface area contributed by atoms with Crippen LogP contribution in [0.2, 0.25) is 0 Å². The minimum atomic E-state index is 0.698. The number of methoxy groups -OCH3 is 2. The van der Waals surface area contributed by atoms with Crippen LogP contribution in [-0.2, 0) is 0 Å². The van der Waals surface area contributed by atoms with Gasteiger partial charge in [0.25, 0.3) is 0 Å². The molecule has 3 nitrogen and oxygen atoms in total. The van der Waals surface area contributed by atoms with E-state index in [1.165, 1.54) is 4.70 Å². The minimum absolute atomic E-state index is 0.698. The van der Waals surface area contributed by atoms with Gasteiger partial charge < -0.3 is 9.47 Å². The molecule has 5 heteroatoms. The number of rotatable bonds is 3. The third kappa shape index (κ3) is 2.27. The van der Waals surface area contributed by atoms with E-state index in [4.69, 9.17) is 9.47 Å². The van der Waals surface area contributed by atoms with Gasteiger partial charge in [0, 0.05) is 10.0 Å². The van der Waals surface area contributed by atoms with E-state index in [0.29, 0.717) is 11.5 Å². The largest absolute Gasteiger partial charge is 0.493 e. The Kier molecular flexibility index (Phi) is 3.63. The van der Waals surface area contributed by atoms with E-state index in [9.17, 15) is 0 Å². The molecule has 2 aromatic carbocycles. The van der Waals surface area contributed by atoms with E-state index in [2.05, 4.69) is 27.0 Å². The van der Waals surface area contributed by atoms with Gasteiger partial charge in [-0.2, -0.15) is 0 Å². The second-order valence-electron chi connectivity index (χ2n) is 4.17. The van der Waals surface area contributed by atoms with Gasteiger partial charge in [-0.05, 0) is 40.2 Å². The Bertz CT molecular complexity index is 737. The van der Waals surface area contributed by atoms with Gasteiger partial charge in [0.1, 0.15) is 5.01 Å². The molecule has 0 N–H and O–H groups in total. The normalized spacial score (nSPS) is 10.8. The summed E-state index contributed by atoms with van der Waals surface area (Å²) in [7, 11) is 3.26. The lowest BCUT2D eigenvalue weighted by Crippen LogP contribution is -1.91. The van der Waals surface area contributed by atoms with E-state index >= 15 is 0 Å². The monoisotopic (exact) mass is 349 g/mol. The maximum absolute atomic E-state index is 5.36. The van der Waals surface area contributed by atoms with Crippen molar-refractivity contribution in [1.82, 2.24) is 4.98 Å². The quantitative estimate of drug-likeness (QED) is 0.684. The molecule has 0 aliphatic heterocycles. The number of aromatic nitrogens is 1. The summed E-state index contributed by atoms with van der Waals surface area (Å²) in [4.78, 5) is 4.67. The second kappa shape index (κ2) is 5.42. The molecule has 3 aromatic rings. The number of hydrogen-bond donors (Lipinski definition) is 0. The van der Waals surface area contributed by atoms with Gasteiger partial charge in [0.15, 0.2) is 11.5 Å². The molecule has 0 amide bonds. The van der Waals surface area contributed by atoms with E-state index in [1.807, 2.05) is 30.3 Å². The zero-order valence-corrected chi connectivity index (χ0v) is 13.4. The molecule has 0 radical (unpaired) electrons. The molecular weight excluding hydrogens is 338 g/mol. The molecule has 0 aliphatic carbocycles. The third-order valence-corrected chi connectivity index (χ3v) is 4.72. The minimum Gasteiger partial charge on any atom is -0.493 e. The van der Waals surface area contributed by atoms with Crippen molar-refractivity contribution in [3.05, 3.63) is 40.9 Å². The Balaban J connectivity index is 2.18. The number of halogens is 1. The number of ether oxygens (including phenoxy) is 2. The van der Waals surface area contributed by atoms with Gasteiger partial charge in [-0.1, -0.05) is 12.1 Å². The van der Waals surface area contributed by atoms with Crippen LogP contribution < -0.4 is 9.47 Å². The molecular formula is C15H12BrNO2S. The fraction of sp³-hybridized carbons (Fsp3) is 0.133. The Labute approximate surface area is 129 Å². The van der Waals surface area contributed by atoms with Gasteiger partial charge in [0.2, 0.25) is 0 Å². The number of benzene rings is 2. The number of para-hydroxylation sites is 1. The zero-order valence-electron chi connectivity index (χ0n) is 11.0. The predicted molar refractivity (Wildman–Crippen MR) is 85.9 cm³/mol. The SMILES string of the molecule is COc1cc(Br)c(-c2nc3ccccc3s2)cc1OC. The van der Waals surface area contributed by atoms with Crippen LogP contribution in [0.1, 0.15) is 0 Å². The van der Waals surface area contributed by atoms with Crippen molar-refractivity contribution >= 4 is 37.5 Å². The highest BCUT2D eigenvalue weighted by Gasteiger charge is 2.14. The molecule has 0 unspecified atom stereocenters. The van der Waals surface area contributed by atoms with Crippen LogP contribution >= 0.6 is 27.3 Å². The molecule has 1 aromatic heterocycles. The average molecular weight is 350 g/mol. The molecule has 102 valence electrons. The van der Waals surface area contributed by atoms with Crippen molar-refractivity contribution in [3.8, 4) is 22.1 Å². The van der Waals surface area contributed by atoms with Crippen LogP contribution in [0, 0.1) is 0 Å². The number of hydrogen-bond acceptors (Lipinski definition) is 4. The first-order valence-electron chi connectivity index (χ1n) is 6.00. The maximum Gasteiger partial charge on any atom is 0.161 e. The Morgan fingerprint density at radius 1 is 1.05 bits per heavy atom. The lowest BCUT2D eigenvalue weighted by Gasteiger charge is -2.10. The van der Waals surface area contributed by atoms with Gasteiger partial charge in [-0.25, -0.2) is 4.98 Å². The smallest absolute Gasteiger partial charge is 0.161 e. The topological polar surface area (TPSA) is 31.4 Å². The van der Waals surface area contributed by atoms with Crippen LogP contribution in [0.4, 0.5) is 0 Å². The lowest BCUT2D eigenvalue weighted by atomic mass is 10.2. The van der Waals surface area contributed by atoms with Crippen molar-refractivity contribution in [3.63, 3.8) is 0 Å². The Morgan fingerprint density at radius 3 is 2.45 bits per heavy atom. The first kappa shape index (κ1) is 13.4. The molecule has 0 atom stereocenters. The van der Waals surface area contributed by atoms with Gasteiger partial charge in [-0.15, -0.1) is 11.3 Å². The van der Waals surface area contributed by atoms with Crippen molar-refractivity contribution in [2.45, 2.75) is 0 Å². The summed E-state index contributed by atoms with van der Waals surface area (Å²) >= 11 is 5.24. The molecule has 0 bridgehead atoms. The van der Waals surface area contributed by atoms with Crippen LogP contribution in [0.25, 0.3) is 20.8 Å². The van der Waals surface area contributed by atoms with Crippen LogP contribution in [0.15, 0.2) is 40.9 Å². The van der Waals surface area contributed by atoms with Crippen LogP contribution in [0.5, 0.6) is 11.5 Å². The van der Waals surface area contributed by atoms with Crippen molar-refractivity contribution in [2.75, 3.05) is 14.2 Å². The van der Waals surface area contributed by atoms with E-state index < -0.39 is 0 Å². The molecule has 0 spiro atoms. The summed E-state index contributed by atoms with van der Waals surface area (Å²) in [6.45, 7) is 0. The number of nitrogens with zero attached hydrogens (tertiary/aromatic N) is 1. The van der Waals surface area contributed by atoms with Gasteiger partial charge >= 0.3 is 0 Å². The van der Waals surface area contributed by atoms with Gasteiger partial charge in [-0.3, -0.25) is 0 Å². The molecule has 0 fully saturated rings. The Hall–Kier alpha value is -1.59. The highest BCUT2D eigenvalue weighted by atomic mass is 79.9. The molecule has 0 saturated heterocycles. The molecule has 1 heterocycles. The average Bonchev–Trinajstić information content (AvgIpc) is 2.90. The predicted octanol–water partition coefficient (Wildman–Crippen LogP) is 4.74. The first-order chi connectivity index (χ1) is 9.72. The zero-order chi connectivity index (χ0) is 14.1. The molecule has 0 saturated carbocycles. The third-order valence-electron chi connectivity index (χ3n) is 3.00. The number of fused-ring (bicyclic) bond motifs is 1. The molecule has 20 heavy (non-hydrogen) atoms. The lowest BCUT2D eigenvalue weighted by molar-refractivity contribution is 0.355. The summed E-state index contributed by atoms with van der Waals surface area (Å²) in [5.41, 5.74) is 2.01.